The smallest absolute Gasteiger partial charge is 0.320 e. The second kappa shape index (κ2) is 8.37. The molecule has 0 saturated carbocycles. The Bertz CT molecular complexity index is 962. The molecule has 2 aromatic rings. The minimum absolute atomic E-state index is 0.106. The number of aromatic nitrogens is 3. The summed E-state index contributed by atoms with van der Waals surface area (Å²) < 4.78 is 29.1. The molecule has 3 heterocycles. The largest absolute Gasteiger partial charge is 0.377 e. The van der Waals surface area contributed by atoms with Crippen molar-refractivity contribution in [2.75, 3.05) is 43.3 Å². The van der Waals surface area contributed by atoms with Gasteiger partial charge in [0, 0.05) is 25.9 Å². The first-order chi connectivity index (χ1) is 13.2. The molecule has 1 saturated heterocycles. The molecule has 10 nitrogen and oxygen atoms in total. The van der Waals surface area contributed by atoms with Crippen LogP contribution in [0.4, 0.5) is 15.7 Å². The summed E-state index contributed by atoms with van der Waals surface area (Å²) in [7, 11) is -1.75. The number of anilines is 2. The van der Waals surface area contributed by atoms with Gasteiger partial charge in [-0.2, -0.15) is 0 Å². The fourth-order valence-electron chi connectivity index (χ4n) is 2.75. The number of thiazole rings is 1. The van der Waals surface area contributed by atoms with Crippen LogP contribution in [0.2, 0.25) is 0 Å². The molecule has 3 rings (SSSR count). The molecule has 1 aliphatic heterocycles. The van der Waals surface area contributed by atoms with E-state index in [2.05, 4.69) is 30.5 Å². The van der Waals surface area contributed by atoms with E-state index in [1.807, 2.05) is 6.92 Å². The topological polar surface area (TPSA) is 126 Å². The summed E-state index contributed by atoms with van der Waals surface area (Å²) in [5.41, 5.74) is 0.412. The van der Waals surface area contributed by atoms with Crippen molar-refractivity contribution >= 4 is 38.2 Å². The number of sulfone groups is 1. The molecule has 152 valence electrons. The lowest BCUT2D eigenvalue weighted by molar-refractivity contribution is 0.0985. The van der Waals surface area contributed by atoms with Gasteiger partial charge in [0.2, 0.25) is 0 Å². The number of morpholine rings is 1. The summed E-state index contributed by atoms with van der Waals surface area (Å²) in [6.45, 7) is 3.82. The molecule has 0 bridgehead atoms. The minimum atomic E-state index is -3.26. The normalized spacial score (nSPS) is 17.4. The Morgan fingerprint density at radius 1 is 1.43 bits per heavy atom. The van der Waals surface area contributed by atoms with Crippen molar-refractivity contribution in [2.24, 2.45) is 0 Å². The number of hydrogen-bond donors (Lipinski definition) is 2. The number of carbonyl (C=O) groups is 1. The third-order valence-corrected chi connectivity index (χ3v) is 5.74. The standard InChI is InChI=1S/C16H22N6O4S2/c1-10-8-26-5-4-22(10)13-6-11(9-28(3,24)25)19-14(20-13)12-7-18-16(27-12)21-15(23)17-2/h6-7,10H,4-5,8-9H2,1-3H3,(H2,17,18,21,23)/t10-/m0/s1. The SMILES string of the molecule is CNC(=O)Nc1ncc(-c2nc(CS(C)(=O)=O)cc(N3CCOC[C@@H]3C)n2)s1. The molecule has 0 unspecified atom stereocenters. The van der Waals surface area contributed by atoms with Gasteiger partial charge in [-0.05, 0) is 6.92 Å². The van der Waals surface area contributed by atoms with Gasteiger partial charge in [-0.25, -0.2) is 28.2 Å². The zero-order chi connectivity index (χ0) is 20.3. The minimum Gasteiger partial charge on any atom is -0.377 e. The molecule has 1 aliphatic rings. The summed E-state index contributed by atoms with van der Waals surface area (Å²) >= 11 is 1.21. The van der Waals surface area contributed by atoms with Crippen LogP contribution < -0.4 is 15.5 Å². The Balaban J connectivity index is 1.98. The van der Waals surface area contributed by atoms with Crippen LogP contribution in [0.3, 0.4) is 0 Å². The first kappa shape index (κ1) is 20.4. The molecule has 1 fully saturated rings. The van der Waals surface area contributed by atoms with Gasteiger partial charge in [0.25, 0.3) is 0 Å². The van der Waals surface area contributed by atoms with Crippen molar-refractivity contribution in [3.63, 3.8) is 0 Å². The Morgan fingerprint density at radius 3 is 2.89 bits per heavy atom. The van der Waals surface area contributed by atoms with Gasteiger partial charge in [-0.3, -0.25) is 5.32 Å². The number of amides is 2. The zero-order valence-corrected chi connectivity index (χ0v) is 17.4. The lowest BCUT2D eigenvalue weighted by Crippen LogP contribution is -2.44. The second-order valence-corrected chi connectivity index (χ2v) is 9.63. The highest BCUT2D eigenvalue weighted by atomic mass is 32.2. The molecule has 2 aromatic heterocycles. The van der Waals surface area contributed by atoms with Crippen molar-refractivity contribution in [3.05, 3.63) is 18.0 Å². The Labute approximate surface area is 167 Å². The molecule has 28 heavy (non-hydrogen) atoms. The number of carbonyl (C=O) groups excluding carboxylic acids is 1. The molecule has 2 N–H and O–H groups in total. The van der Waals surface area contributed by atoms with Crippen LogP contribution in [-0.4, -0.2) is 68.5 Å². The van der Waals surface area contributed by atoms with Gasteiger partial charge in [0.15, 0.2) is 20.8 Å². The van der Waals surface area contributed by atoms with Gasteiger partial charge in [0.1, 0.15) is 5.82 Å². The van der Waals surface area contributed by atoms with Gasteiger partial charge in [-0.1, -0.05) is 11.3 Å². The zero-order valence-electron chi connectivity index (χ0n) is 15.8. The number of rotatable bonds is 5. The maximum Gasteiger partial charge on any atom is 0.320 e. The van der Waals surface area contributed by atoms with Crippen LogP contribution in [0.5, 0.6) is 0 Å². The molecule has 0 aromatic carbocycles. The summed E-state index contributed by atoms with van der Waals surface area (Å²) in [4.78, 5) is 27.4. The van der Waals surface area contributed by atoms with E-state index in [4.69, 9.17) is 4.74 Å². The first-order valence-electron chi connectivity index (χ1n) is 8.60. The maximum absolute atomic E-state index is 11.8. The number of ether oxygens (including phenoxy) is 1. The predicted octanol–water partition coefficient (Wildman–Crippen LogP) is 1.12. The van der Waals surface area contributed by atoms with Crippen molar-refractivity contribution in [3.8, 4) is 10.7 Å². The van der Waals surface area contributed by atoms with E-state index in [0.29, 0.717) is 47.1 Å². The second-order valence-electron chi connectivity index (χ2n) is 6.46. The van der Waals surface area contributed by atoms with E-state index in [0.717, 1.165) is 0 Å². The number of hydrogen-bond acceptors (Lipinski definition) is 9. The molecular formula is C16H22N6O4S2. The lowest BCUT2D eigenvalue weighted by atomic mass is 10.2. The summed E-state index contributed by atoms with van der Waals surface area (Å²) in [5.74, 6) is 0.835. The summed E-state index contributed by atoms with van der Waals surface area (Å²) in [6, 6.07) is 1.43. The van der Waals surface area contributed by atoms with Crippen LogP contribution in [-0.2, 0) is 20.3 Å². The van der Waals surface area contributed by atoms with Gasteiger partial charge in [-0.15, -0.1) is 0 Å². The lowest BCUT2D eigenvalue weighted by Gasteiger charge is -2.34. The van der Waals surface area contributed by atoms with Crippen LogP contribution in [0.1, 0.15) is 12.6 Å². The molecular weight excluding hydrogens is 404 g/mol. The third kappa shape index (κ3) is 5.14. The summed E-state index contributed by atoms with van der Waals surface area (Å²) in [6.07, 6.45) is 2.73. The Hall–Kier alpha value is -2.31. The summed E-state index contributed by atoms with van der Waals surface area (Å²) in [5, 5.41) is 5.45. The fraction of sp³-hybridized carbons (Fsp3) is 0.500. The van der Waals surface area contributed by atoms with Crippen molar-refractivity contribution < 1.29 is 17.9 Å². The van der Waals surface area contributed by atoms with Crippen molar-refractivity contribution in [1.29, 1.82) is 0 Å². The number of nitrogens with one attached hydrogen (secondary N) is 2. The Morgan fingerprint density at radius 2 is 2.21 bits per heavy atom. The van der Waals surface area contributed by atoms with Crippen LogP contribution in [0.25, 0.3) is 10.7 Å². The molecule has 0 radical (unpaired) electrons. The molecule has 0 spiro atoms. The average Bonchev–Trinajstić information content (AvgIpc) is 3.08. The van der Waals surface area contributed by atoms with Crippen LogP contribution in [0, 0.1) is 0 Å². The fourth-order valence-corrected chi connectivity index (χ4v) is 4.18. The van der Waals surface area contributed by atoms with Crippen LogP contribution in [0.15, 0.2) is 12.3 Å². The quantitative estimate of drug-likeness (QED) is 0.728. The van der Waals surface area contributed by atoms with E-state index < -0.39 is 9.84 Å². The van der Waals surface area contributed by atoms with E-state index in [9.17, 15) is 13.2 Å². The van der Waals surface area contributed by atoms with Gasteiger partial charge in [0.05, 0.1) is 41.8 Å². The van der Waals surface area contributed by atoms with Gasteiger partial charge < -0.3 is 15.0 Å². The number of nitrogens with zero attached hydrogens (tertiary/aromatic N) is 4. The maximum atomic E-state index is 11.8. The highest BCUT2D eigenvalue weighted by Crippen LogP contribution is 2.29. The Kier molecular flexibility index (Phi) is 6.10. The van der Waals surface area contributed by atoms with Gasteiger partial charge >= 0.3 is 6.03 Å². The highest BCUT2D eigenvalue weighted by molar-refractivity contribution is 7.89. The van der Waals surface area contributed by atoms with E-state index in [-0.39, 0.29) is 17.8 Å². The molecule has 0 aliphatic carbocycles. The van der Waals surface area contributed by atoms with E-state index in [1.54, 1.807) is 12.3 Å². The molecule has 2 amide bonds. The van der Waals surface area contributed by atoms with Crippen molar-refractivity contribution in [2.45, 2.75) is 18.7 Å². The van der Waals surface area contributed by atoms with E-state index in [1.165, 1.54) is 24.6 Å². The predicted molar refractivity (Wildman–Crippen MR) is 107 cm³/mol. The van der Waals surface area contributed by atoms with Crippen molar-refractivity contribution in [1.82, 2.24) is 20.3 Å². The first-order valence-corrected chi connectivity index (χ1v) is 11.5. The number of urea groups is 1. The third-order valence-electron chi connectivity index (χ3n) is 4.01. The van der Waals surface area contributed by atoms with E-state index >= 15 is 0 Å². The monoisotopic (exact) mass is 426 g/mol. The molecule has 1 atom stereocenters. The molecule has 12 heteroatoms. The highest BCUT2D eigenvalue weighted by Gasteiger charge is 2.23. The van der Waals surface area contributed by atoms with Crippen LogP contribution >= 0.6 is 11.3 Å². The average molecular weight is 427 g/mol.